The van der Waals surface area contributed by atoms with E-state index in [0.29, 0.717) is 18.4 Å². The predicted molar refractivity (Wildman–Crippen MR) is 149 cm³/mol. The third-order valence-corrected chi connectivity index (χ3v) is 6.68. The van der Waals surface area contributed by atoms with Crippen LogP contribution in [0.5, 0.6) is 0 Å². The fourth-order valence-electron chi connectivity index (χ4n) is 4.56. The highest BCUT2D eigenvalue weighted by Gasteiger charge is 2.34. The van der Waals surface area contributed by atoms with Crippen LogP contribution in [0.25, 0.3) is 0 Å². The first-order valence-electron chi connectivity index (χ1n) is 12.7. The molecular formula is C29H41FN2O5S. The molecule has 38 heavy (non-hydrogen) atoms. The first kappa shape index (κ1) is 31.3. The molecule has 0 heterocycles. The van der Waals surface area contributed by atoms with Gasteiger partial charge in [0.2, 0.25) is 15.9 Å². The van der Waals surface area contributed by atoms with Crippen LogP contribution in [0, 0.1) is 22.6 Å². The van der Waals surface area contributed by atoms with E-state index in [1.165, 1.54) is 12.1 Å². The van der Waals surface area contributed by atoms with Gasteiger partial charge < -0.3 is 10.1 Å². The van der Waals surface area contributed by atoms with Crippen LogP contribution in [0.4, 0.5) is 10.1 Å². The Labute approximate surface area is 226 Å². The molecule has 0 saturated carbocycles. The average Bonchev–Trinajstić information content (AvgIpc) is 2.79. The first-order chi connectivity index (χ1) is 17.5. The second-order valence-electron chi connectivity index (χ2n) is 11.9. The SMILES string of the molecule is C[C@H](C(=O)NC[C@H](COC(=O)C(C)(C)CC(C)(C)C)Cc1ccccc1)c1ccc(NS(C)(=O)=O)c(F)c1. The molecule has 1 amide bonds. The maximum Gasteiger partial charge on any atom is 0.311 e. The molecular weight excluding hydrogens is 507 g/mol. The van der Waals surface area contributed by atoms with Gasteiger partial charge in [-0.15, -0.1) is 0 Å². The fraction of sp³-hybridized carbons (Fsp3) is 0.517. The van der Waals surface area contributed by atoms with Crippen LogP contribution in [-0.4, -0.2) is 39.7 Å². The van der Waals surface area contributed by atoms with E-state index in [4.69, 9.17) is 4.74 Å². The van der Waals surface area contributed by atoms with Crippen molar-refractivity contribution >= 4 is 27.6 Å². The number of carbonyl (C=O) groups is 2. The second kappa shape index (κ2) is 12.7. The van der Waals surface area contributed by atoms with E-state index in [2.05, 4.69) is 30.8 Å². The summed E-state index contributed by atoms with van der Waals surface area (Å²) in [7, 11) is -3.63. The third kappa shape index (κ3) is 10.4. The lowest BCUT2D eigenvalue weighted by Crippen LogP contribution is -2.37. The van der Waals surface area contributed by atoms with Crippen LogP contribution in [-0.2, 0) is 30.8 Å². The number of hydrogen-bond acceptors (Lipinski definition) is 5. The monoisotopic (exact) mass is 548 g/mol. The van der Waals surface area contributed by atoms with Crippen molar-refractivity contribution in [2.75, 3.05) is 24.1 Å². The summed E-state index contributed by atoms with van der Waals surface area (Å²) in [4.78, 5) is 25.8. The molecule has 9 heteroatoms. The number of ether oxygens (including phenoxy) is 1. The van der Waals surface area contributed by atoms with E-state index in [9.17, 15) is 22.4 Å². The maximum absolute atomic E-state index is 14.4. The van der Waals surface area contributed by atoms with E-state index >= 15 is 0 Å². The van der Waals surface area contributed by atoms with Gasteiger partial charge >= 0.3 is 5.97 Å². The molecule has 210 valence electrons. The van der Waals surface area contributed by atoms with Crippen molar-refractivity contribution in [3.63, 3.8) is 0 Å². The van der Waals surface area contributed by atoms with E-state index in [-0.39, 0.29) is 42.0 Å². The number of hydrogen-bond donors (Lipinski definition) is 2. The highest BCUT2D eigenvalue weighted by atomic mass is 32.2. The normalized spacial score (nSPS) is 13.9. The molecule has 0 saturated heterocycles. The molecule has 2 rings (SSSR count). The first-order valence-corrected chi connectivity index (χ1v) is 14.6. The van der Waals surface area contributed by atoms with Crippen molar-refractivity contribution in [1.29, 1.82) is 0 Å². The van der Waals surface area contributed by atoms with Crippen molar-refractivity contribution in [3.05, 3.63) is 65.5 Å². The Bertz CT molecular complexity index is 1210. The minimum absolute atomic E-state index is 0.0331. The maximum atomic E-state index is 14.4. The number of esters is 1. The summed E-state index contributed by atoms with van der Waals surface area (Å²) in [6.45, 7) is 12.1. The summed E-state index contributed by atoms with van der Waals surface area (Å²) in [5.74, 6) is -2.20. The van der Waals surface area contributed by atoms with Crippen LogP contribution < -0.4 is 10.0 Å². The molecule has 7 nitrogen and oxygen atoms in total. The molecule has 0 spiro atoms. The number of amides is 1. The topological polar surface area (TPSA) is 102 Å². The summed E-state index contributed by atoms with van der Waals surface area (Å²) < 4.78 is 45.1. The Morgan fingerprint density at radius 2 is 1.66 bits per heavy atom. The Hall–Kier alpha value is -2.94. The van der Waals surface area contributed by atoms with Crippen LogP contribution >= 0.6 is 0 Å². The van der Waals surface area contributed by atoms with Gasteiger partial charge in [-0.3, -0.25) is 14.3 Å². The molecule has 0 aromatic heterocycles. The summed E-state index contributed by atoms with van der Waals surface area (Å²) in [6, 6.07) is 13.7. The smallest absolute Gasteiger partial charge is 0.311 e. The van der Waals surface area contributed by atoms with E-state index < -0.39 is 27.2 Å². The lowest BCUT2D eigenvalue weighted by molar-refractivity contribution is -0.157. The number of rotatable bonds is 12. The van der Waals surface area contributed by atoms with Crippen molar-refractivity contribution in [2.45, 2.75) is 60.3 Å². The van der Waals surface area contributed by atoms with Crippen LogP contribution in [0.15, 0.2) is 48.5 Å². The number of carbonyl (C=O) groups excluding carboxylic acids is 2. The molecule has 0 aliphatic carbocycles. The molecule has 2 aromatic rings. The molecule has 0 unspecified atom stereocenters. The Balaban J connectivity index is 2.07. The molecule has 0 bridgehead atoms. The zero-order chi connectivity index (χ0) is 28.7. The fourth-order valence-corrected chi connectivity index (χ4v) is 5.12. The summed E-state index contributed by atoms with van der Waals surface area (Å²) in [5, 5.41) is 2.91. The highest BCUT2D eigenvalue weighted by molar-refractivity contribution is 7.92. The quantitative estimate of drug-likeness (QED) is 0.352. The Morgan fingerprint density at radius 1 is 1.03 bits per heavy atom. The van der Waals surface area contributed by atoms with E-state index in [1.54, 1.807) is 6.92 Å². The van der Waals surface area contributed by atoms with Gasteiger partial charge in [-0.05, 0) is 62.3 Å². The molecule has 0 aliphatic rings. The largest absolute Gasteiger partial charge is 0.465 e. The van der Waals surface area contributed by atoms with Crippen molar-refractivity contribution in [1.82, 2.24) is 5.32 Å². The second-order valence-corrected chi connectivity index (χ2v) is 13.6. The predicted octanol–water partition coefficient (Wildman–Crippen LogP) is 5.28. The Morgan fingerprint density at radius 3 is 2.21 bits per heavy atom. The zero-order valence-corrected chi connectivity index (χ0v) is 24.2. The zero-order valence-electron chi connectivity index (χ0n) is 23.4. The summed E-state index contributed by atoms with van der Waals surface area (Å²) >= 11 is 0. The lowest BCUT2D eigenvalue weighted by atomic mass is 9.76. The van der Waals surface area contributed by atoms with Crippen molar-refractivity contribution in [3.8, 4) is 0 Å². The van der Waals surface area contributed by atoms with Crippen LogP contribution in [0.1, 0.15) is 65.0 Å². The van der Waals surface area contributed by atoms with Gasteiger partial charge in [0.1, 0.15) is 5.82 Å². The number of anilines is 1. The van der Waals surface area contributed by atoms with E-state index in [0.717, 1.165) is 17.9 Å². The average molecular weight is 549 g/mol. The summed E-state index contributed by atoms with van der Waals surface area (Å²) in [6.07, 6.45) is 2.21. The molecule has 2 atom stereocenters. The lowest BCUT2D eigenvalue weighted by Gasteiger charge is -2.31. The van der Waals surface area contributed by atoms with Gasteiger partial charge in [0.05, 0.1) is 29.9 Å². The Kier molecular flexibility index (Phi) is 10.5. The van der Waals surface area contributed by atoms with Crippen molar-refractivity contribution < 1.29 is 27.1 Å². The van der Waals surface area contributed by atoms with Gasteiger partial charge in [-0.25, -0.2) is 12.8 Å². The van der Waals surface area contributed by atoms with E-state index in [1.807, 2.05) is 44.2 Å². The minimum atomic E-state index is -3.63. The van der Waals surface area contributed by atoms with Gasteiger partial charge in [-0.1, -0.05) is 57.2 Å². The molecule has 0 aliphatic heterocycles. The number of sulfonamides is 1. The summed E-state index contributed by atoms with van der Waals surface area (Å²) in [5.41, 5.74) is 0.613. The van der Waals surface area contributed by atoms with Gasteiger partial charge in [0.25, 0.3) is 0 Å². The van der Waals surface area contributed by atoms with Crippen LogP contribution in [0.3, 0.4) is 0 Å². The van der Waals surface area contributed by atoms with Gasteiger partial charge in [0.15, 0.2) is 0 Å². The van der Waals surface area contributed by atoms with Gasteiger partial charge in [0, 0.05) is 12.5 Å². The van der Waals surface area contributed by atoms with Crippen LogP contribution in [0.2, 0.25) is 0 Å². The third-order valence-electron chi connectivity index (χ3n) is 6.09. The highest BCUT2D eigenvalue weighted by Crippen LogP contribution is 2.34. The number of nitrogens with one attached hydrogen (secondary N) is 2. The minimum Gasteiger partial charge on any atom is -0.465 e. The molecule has 0 radical (unpaired) electrons. The molecule has 2 N–H and O–H groups in total. The van der Waals surface area contributed by atoms with Gasteiger partial charge in [-0.2, -0.15) is 0 Å². The number of halogens is 1. The molecule has 2 aromatic carbocycles. The number of benzene rings is 2. The standard InChI is InChI=1S/C29H41FN2O5S/c1-20(23-13-14-25(24(30)16-23)32-38(7,35)36)26(33)31-17-22(15-21-11-9-8-10-12-21)18-37-27(34)29(5,6)19-28(2,3)4/h8-14,16,20,22,32H,15,17-19H2,1-7H3,(H,31,33)/t20-,22+/m0/s1. The van der Waals surface area contributed by atoms with Crippen molar-refractivity contribution in [2.24, 2.45) is 16.7 Å². The molecule has 0 fully saturated rings.